The van der Waals surface area contributed by atoms with Gasteiger partial charge in [0.1, 0.15) is 5.82 Å². The number of halogens is 1. The van der Waals surface area contributed by atoms with E-state index in [1.807, 2.05) is 57.1 Å². The fraction of sp³-hybridized carbons (Fsp3) is 0.440. The Bertz CT molecular complexity index is 938. The van der Waals surface area contributed by atoms with Crippen molar-refractivity contribution in [2.24, 2.45) is 11.8 Å². The summed E-state index contributed by atoms with van der Waals surface area (Å²) >= 11 is 0. The van der Waals surface area contributed by atoms with E-state index in [0.29, 0.717) is 19.5 Å². The SMILES string of the molecule is CC(C)CC(=O)Nc1ccc(N(C)C)c(CN(Cc2cccc(F)c2)C(=O)C2CC2)c1. The molecule has 2 aromatic rings. The summed E-state index contributed by atoms with van der Waals surface area (Å²) in [5.41, 5.74) is 3.41. The van der Waals surface area contributed by atoms with Crippen LogP contribution in [0.1, 0.15) is 44.2 Å². The predicted molar refractivity (Wildman–Crippen MR) is 122 cm³/mol. The number of hydrogen-bond donors (Lipinski definition) is 1. The van der Waals surface area contributed by atoms with Crippen LogP contribution in [0.4, 0.5) is 15.8 Å². The molecule has 3 rings (SSSR count). The normalized spacial score (nSPS) is 13.2. The maximum atomic E-state index is 13.7. The van der Waals surface area contributed by atoms with E-state index in [4.69, 9.17) is 0 Å². The molecule has 0 aliphatic heterocycles. The van der Waals surface area contributed by atoms with Crippen molar-refractivity contribution in [3.05, 3.63) is 59.4 Å². The van der Waals surface area contributed by atoms with E-state index in [2.05, 4.69) is 5.32 Å². The number of amides is 2. The zero-order chi connectivity index (χ0) is 22.5. The van der Waals surface area contributed by atoms with Gasteiger partial charge in [-0.1, -0.05) is 26.0 Å². The number of benzene rings is 2. The van der Waals surface area contributed by atoms with Gasteiger partial charge in [0.15, 0.2) is 0 Å². The van der Waals surface area contributed by atoms with E-state index < -0.39 is 0 Å². The molecule has 0 unspecified atom stereocenters. The van der Waals surface area contributed by atoms with E-state index in [1.54, 1.807) is 11.0 Å². The Kier molecular flexibility index (Phi) is 7.31. The zero-order valence-electron chi connectivity index (χ0n) is 18.8. The average molecular weight is 426 g/mol. The molecule has 2 aromatic carbocycles. The minimum atomic E-state index is -0.305. The Morgan fingerprint density at radius 3 is 2.45 bits per heavy atom. The molecule has 0 bridgehead atoms. The third-order valence-electron chi connectivity index (χ3n) is 5.30. The molecule has 0 heterocycles. The van der Waals surface area contributed by atoms with Crippen molar-refractivity contribution >= 4 is 23.2 Å². The lowest BCUT2D eigenvalue weighted by atomic mass is 10.1. The fourth-order valence-electron chi connectivity index (χ4n) is 3.67. The third-order valence-corrected chi connectivity index (χ3v) is 5.30. The van der Waals surface area contributed by atoms with Gasteiger partial charge < -0.3 is 15.1 Å². The average Bonchev–Trinajstić information content (AvgIpc) is 3.51. The molecule has 0 saturated heterocycles. The van der Waals surface area contributed by atoms with Crippen molar-refractivity contribution in [1.29, 1.82) is 0 Å². The second-order valence-corrected chi connectivity index (χ2v) is 8.98. The molecule has 166 valence electrons. The summed E-state index contributed by atoms with van der Waals surface area (Å²) in [6.45, 7) is 4.76. The van der Waals surface area contributed by atoms with Crippen LogP contribution in [-0.2, 0) is 22.7 Å². The Balaban J connectivity index is 1.86. The van der Waals surface area contributed by atoms with E-state index in [-0.39, 0.29) is 29.5 Å². The van der Waals surface area contributed by atoms with E-state index in [0.717, 1.165) is 35.3 Å². The van der Waals surface area contributed by atoms with Crippen LogP contribution in [0.25, 0.3) is 0 Å². The van der Waals surface area contributed by atoms with Gasteiger partial charge >= 0.3 is 0 Å². The second-order valence-electron chi connectivity index (χ2n) is 8.98. The maximum Gasteiger partial charge on any atom is 0.226 e. The van der Waals surface area contributed by atoms with Crippen LogP contribution in [0.2, 0.25) is 0 Å². The molecule has 31 heavy (non-hydrogen) atoms. The molecule has 1 fully saturated rings. The van der Waals surface area contributed by atoms with Crippen LogP contribution in [0.5, 0.6) is 0 Å². The highest BCUT2D eigenvalue weighted by atomic mass is 19.1. The number of hydrogen-bond acceptors (Lipinski definition) is 3. The maximum absolute atomic E-state index is 13.7. The number of rotatable bonds is 9. The highest BCUT2D eigenvalue weighted by Gasteiger charge is 2.33. The molecule has 0 aromatic heterocycles. The smallest absolute Gasteiger partial charge is 0.226 e. The summed E-state index contributed by atoms with van der Waals surface area (Å²) in [5, 5.41) is 2.96. The van der Waals surface area contributed by atoms with Crippen LogP contribution in [-0.4, -0.2) is 30.8 Å². The van der Waals surface area contributed by atoms with Crippen LogP contribution in [0, 0.1) is 17.7 Å². The van der Waals surface area contributed by atoms with Crippen molar-refractivity contribution in [3.63, 3.8) is 0 Å². The lowest BCUT2D eigenvalue weighted by Gasteiger charge is -2.26. The summed E-state index contributed by atoms with van der Waals surface area (Å²) in [5.74, 6) is 0.108. The third kappa shape index (κ3) is 6.54. The van der Waals surface area contributed by atoms with Crippen LogP contribution in [0.15, 0.2) is 42.5 Å². The summed E-state index contributed by atoms with van der Waals surface area (Å²) in [6.07, 6.45) is 2.27. The van der Waals surface area contributed by atoms with Crippen LogP contribution in [0.3, 0.4) is 0 Å². The molecule has 0 atom stereocenters. The predicted octanol–water partition coefficient (Wildman–Crippen LogP) is 4.82. The van der Waals surface area contributed by atoms with Crippen LogP contribution < -0.4 is 10.2 Å². The minimum Gasteiger partial charge on any atom is -0.377 e. The molecule has 1 aliphatic carbocycles. The van der Waals surface area contributed by atoms with Gasteiger partial charge in [-0.2, -0.15) is 0 Å². The first-order valence-electron chi connectivity index (χ1n) is 10.9. The van der Waals surface area contributed by atoms with Crippen molar-refractivity contribution in [2.45, 2.75) is 46.2 Å². The summed E-state index contributed by atoms with van der Waals surface area (Å²) < 4.78 is 13.7. The van der Waals surface area contributed by atoms with Gasteiger partial charge in [-0.05, 0) is 60.2 Å². The molecule has 0 radical (unpaired) electrons. The molecular formula is C25H32FN3O2. The molecule has 6 heteroatoms. The van der Waals surface area contributed by atoms with Gasteiger partial charge in [-0.3, -0.25) is 9.59 Å². The quantitative estimate of drug-likeness (QED) is 0.627. The Morgan fingerprint density at radius 2 is 1.84 bits per heavy atom. The highest BCUT2D eigenvalue weighted by Crippen LogP contribution is 2.33. The lowest BCUT2D eigenvalue weighted by molar-refractivity contribution is -0.133. The molecular weight excluding hydrogens is 393 g/mol. The highest BCUT2D eigenvalue weighted by molar-refractivity contribution is 5.91. The van der Waals surface area contributed by atoms with Crippen LogP contribution >= 0.6 is 0 Å². The largest absolute Gasteiger partial charge is 0.377 e. The number of nitrogens with one attached hydrogen (secondary N) is 1. The fourth-order valence-corrected chi connectivity index (χ4v) is 3.67. The first kappa shape index (κ1) is 22.8. The summed E-state index contributed by atoms with van der Waals surface area (Å²) in [4.78, 5) is 29.0. The minimum absolute atomic E-state index is 0.0239. The molecule has 1 N–H and O–H groups in total. The van der Waals surface area contributed by atoms with Gasteiger partial charge in [0.25, 0.3) is 0 Å². The van der Waals surface area contributed by atoms with Gasteiger partial charge in [0.05, 0.1) is 0 Å². The zero-order valence-corrected chi connectivity index (χ0v) is 18.8. The number of nitrogens with zero attached hydrogens (tertiary/aromatic N) is 2. The standard InChI is InChI=1S/C25H32FN3O2/c1-17(2)12-24(30)27-22-10-11-23(28(3)4)20(14-22)16-29(25(31)19-8-9-19)15-18-6-5-7-21(26)13-18/h5-7,10-11,13-14,17,19H,8-9,12,15-16H2,1-4H3,(H,27,30). The lowest BCUT2D eigenvalue weighted by Crippen LogP contribution is -2.32. The van der Waals surface area contributed by atoms with Gasteiger partial charge in [-0.25, -0.2) is 4.39 Å². The molecule has 1 aliphatic rings. The monoisotopic (exact) mass is 425 g/mol. The first-order chi connectivity index (χ1) is 14.7. The van der Waals surface area contributed by atoms with Crippen molar-refractivity contribution < 1.29 is 14.0 Å². The summed E-state index contributed by atoms with van der Waals surface area (Å²) in [7, 11) is 3.91. The first-order valence-corrected chi connectivity index (χ1v) is 10.9. The van der Waals surface area contributed by atoms with E-state index >= 15 is 0 Å². The second kappa shape index (κ2) is 9.94. The van der Waals surface area contributed by atoms with Gasteiger partial charge in [0.2, 0.25) is 11.8 Å². The number of carbonyl (C=O) groups excluding carboxylic acids is 2. The van der Waals surface area contributed by atoms with E-state index in [1.165, 1.54) is 12.1 Å². The van der Waals surface area contributed by atoms with Gasteiger partial charge in [-0.15, -0.1) is 0 Å². The summed E-state index contributed by atoms with van der Waals surface area (Å²) in [6, 6.07) is 12.2. The van der Waals surface area contributed by atoms with Crippen molar-refractivity contribution in [1.82, 2.24) is 4.90 Å². The van der Waals surface area contributed by atoms with Crippen molar-refractivity contribution in [2.75, 3.05) is 24.3 Å². The molecule has 2 amide bonds. The molecule has 5 nitrogen and oxygen atoms in total. The van der Waals surface area contributed by atoms with Gasteiger partial charge in [0, 0.05) is 50.9 Å². The number of carbonyl (C=O) groups is 2. The molecule has 1 saturated carbocycles. The number of anilines is 2. The Hall–Kier alpha value is -2.89. The Labute approximate surface area is 184 Å². The van der Waals surface area contributed by atoms with E-state index in [9.17, 15) is 14.0 Å². The Morgan fingerprint density at radius 1 is 1.10 bits per heavy atom. The topological polar surface area (TPSA) is 52.7 Å². The van der Waals surface area contributed by atoms with Crippen molar-refractivity contribution in [3.8, 4) is 0 Å². The molecule has 0 spiro atoms.